The first-order chi connectivity index (χ1) is 16.5. The molecule has 188 valence electrons. The van der Waals surface area contributed by atoms with Crippen LogP contribution in [0.5, 0.6) is 0 Å². The summed E-state index contributed by atoms with van der Waals surface area (Å²) < 4.78 is 43.2. The van der Waals surface area contributed by atoms with Crippen molar-refractivity contribution in [3.05, 3.63) is 59.7 Å². The molecule has 1 aliphatic rings. The molecule has 0 saturated heterocycles. The van der Waals surface area contributed by atoms with Crippen molar-refractivity contribution in [2.75, 3.05) is 6.61 Å². The number of alkyl halides is 3. The van der Waals surface area contributed by atoms with Crippen LogP contribution in [0.1, 0.15) is 43.7 Å². The zero-order valence-corrected chi connectivity index (χ0v) is 19.3. The molecule has 1 unspecified atom stereocenters. The fourth-order valence-corrected chi connectivity index (χ4v) is 4.13. The number of carboxylic acids is 1. The third-order valence-corrected chi connectivity index (χ3v) is 5.93. The van der Waals surface area contributed by atoms with E-state index in [0.717, 1.165) is 22.3 Å². The second kappa shape index (κ2) is 10.8. The molecule has 0 fully saturated rings. The number of carbonyl (C=O) groups is 3. The highest BCUT2D eigenvalue weighted by molar-refractivity contribution is 5.84. The number of ether oxygens (including phenoxy) is 1. The van der Waals surface area contributed by atoms with E-state index in [-0.39, 0.29) is 18.4 Å². The van der Waals surface area contributed by atoms with Crippen molar-refractivity contribution in [1.29, 1.82) is 0 Å². The summed E-state index contributed by atoms with van der Waals surface area (Å²) >= 11 is 0. The van der Waals surface area contributed by atoms with Crippen molar-refractivity contribution in [2.45, 2.75) is 50.9 Å². The fraction of sp³-hybridized carbons (Fsp3) is 0.400. The van der Waals surface area contributed by atoms with Gasteiger partial charge in [0.2, 0.25) is 5.91 Å². The monoisotopic (exact) mass is 492 g/mol. The summed E-state index contributed by atoms with van der Waals surface area (Å²) in [4.78, 5) is 35.9. The van der Waals surface area contributed by atoms with E-state index in [0.29, 0.717) is 0 Å². The summed E-state index contributed by atoms with van der Waals surface area (Å²) in [5.41, 5.74) is 4.21. The predicted octanol–water partition coefficient (Wildman–Crippen LogP) is 4.46. The van der Waals surface area contributed by atoms with Gasteiger partial charge in [-0.15, -0.1) is 0 Å². The van der Waals surface area contributed by atoms with E-state index in [4.69, 9.17) is 9.84 Å². The largest absolute Gasteiger partial charge is 0.480 e. The van der Waals surface area contributed by atoms with Crippen LogP contribution in [0.4, 0.5) is 18.0 Å². The van der Waals surface area contributed by atoms with Gasteiger partial charge < -0.3 is 20.5 Å². The number of carbonyl (C=O) groups excluding carboxylic acids is 2. The normalized spacial score (nSPS) is 14.6. The van der Waals surface area contributed by atoms with E-state index in [1.165, 1.54) is 0 Å². The van der Waals surface area contributed by atoms with Crippen LogP contribution in [0, 0.1) is 5.92 Å². The summed E-state index contributed by atoms with van der Waals surface area (Å²) in [5.74, 6) is -3.14. The first kappa shape index (κ1) is 26.1. The van der Waals surface area contributed by atoms with Crippen LogP contribution in [-0.2, 0) is 14.3 Å². The lowest BCUT2D eigenvalue weighted by atomic mass is 9.98. The van der Waals surface area contributed by atoms with Crippen LogP contribution >= 0.6 is 0 Å². The van der Waals surface area contributed by atoms with E-state index in [1.807, 2.05) is 53.8 Å². The number of amides is 2. The number of carboxylic acid groups (broad SMARTS) is 1. The second-order valence-electron chi connectivity index (χ2n) is 8.80. The molecule has 0 aromatic heterocycles. The molecule has 7 nitrogen and oxygen atoms in total. The minimum atomic E-state index is -4.76. The van der Waals surface area contributed by atoms with Crippen LogP contribution in [0.15, 0.2) is 48.5 Å². The van der Waals surface area contributed by atoms with Gasteiger partial charge in [-0.05, 0) is 28.2 Å². The maximum atomic E-state index is 12.6. The van der Waals surface area contributed by atoms with Crippen molar-refractivity contribution in [3.63, 3.8) is 0 Å². The van der Waals surface area contributed by atoms with Gasteiger partial charge in [-0.1, -0.05) is 62.4 Å². The van der Waals surface area contributed by atoms with Gasteiger partial charge in [0.05, 0.1) is 6.42 Å². The Bertz CT molecular complexity index is 1040. The average Bonchev–Trinajstić information content (AvgIpc) is 3.09. The molecule has 0 heterocycles. The smallest absolute Gasteiger partial charge is 0.407 e. The highest BCUT2D eigenvalue weighted by Gasteiger charge is 2.37. The fourth-order valence-electron chi connectivity index (χ4n) is 4.13. The van der Waals surface area contributed by atoms with Gasteiger partial charge in [-0.3, -0.25) is 4.79 Å². The van der Waals surface area contributed by atoms with Crippen LogP contribution in [-0.4, -0.2) is 47.9 Å². The van der Waals surface area contributed by atoms with Gasteiger partial charge >= 0.3 is 18.2 Å². The average molecular weight is 492 g/mol. The van der Waals surface area contributed by atoms with Gasteiger partial charge in [0, 0.05) is 18.4 Å². The molecule has 2 atom stereocenters. The van der Waals surface area contributed by atoms with Crippen LogP contribution in [0.25, 0.3) is 11.1 Å². The molecule has 10 heteroatoms. The number of aliphatic carboxylic acids is 1. The molecule has 0 aliphatic heterocycles. The van der Waals surface area contributed by atoms with E-state index in [9.17, 15) is 27.6 Å². The summed E-state index contributed by atoms with van der Waals surface area (Å²) in [5, 5.41) is 13.4. The Morgan fingerprint density at radius 2 is 1.51 bits per heavy atom. The molecule has 35 heavy (non-hydrogen) atoms. The minimum absolute atomic E-state index is 0.0591. The molecule has 2 amide bonds. The number of alkyl carbamates (subject to hydrolysis) is 1. The highest BCUT2D eigenvalue weighted by Crippen LogP contribution is 2.44. The maximum absolute atomic E-state index is 12.6. The SMILES string of the molecule is CC(C)[C@H](CC(=O)NC(CC(F)(F)F)C(=O)O)NC(=O)OCC1c2ccccc2-c2ccccc21. The van der Waals surface area contributed by atoms with Gasteiger partial charge in [0.15, 0.2) is 0 Å². The molecule has 3 rings (SSSR count). The Morgan fingerprint density at radius 1 is 0.971 bits per heavy atom. The van der Waals surface area contributed by atoms with Crippen LogP contribution < -0.4 is 10.6 Å². The third kappa shape index (κ3) is 6.74. The molecule has 2 aromatic carbocycles. The Morgan fingerprint density at radius 3 is 2.00 bits per heavy atom. The molecule has 3 N–H and O–H groups in total. The number of rotatable bonds is 9. The van der Waals surface area contributed by atoms with Crippen molar-refractivity contribution < 1.29 is 37.4 Å². The number of hydrogen-bond donors (Lipinski definition) is 3. The van der Waals surface area contributed by atoms with E-state index in [2.05, 4.69) is 5.32 Å². The Kier molecular flexibility index (Phi) is 8.03. The summed E-state index contributed by atoms with van der Waals surface area (Å²) in [6, 6.07) is 12.8. The molecule has 0 radical (unpaired) electrons. The van der Waals surface area contributed by atoms with Crippen LogP contribution in [0.3, 0.4) is 0 Å². The summed E-state index contributed by atoms with van der Waals surface area (Å²) in [6.45, 7) is 3.49. The lowest BCUT2D eigenvalue weighted by molar-refractivity contribution is -0.160. The third-order valence-electron chi connectivity index (χ3n) is 5.93. The van der Waals surface area contributed by atoms with Crippen molar-refractivity contribution in [3.8, 4) is 11.1 Å². The zero-order valence-electron chi connectivity index (χ0n) is 19.3. The zero-order chi connectivity index (χ0) is 25.8. The number of halogens is 3. The molecule has 2 aromatic rings. The first-order valence-corrected chi connectivity index (χ1v) is 11.2. The Labute approximate surface area is 200 Å². The van der Waals surface area contributed by atoms with Gasteiger partial charge in [-0.25, -0.2) is 9.59 Å². The second-order valence-corrected chi connectivity index (χ2v) is 8.80. The molecule has 1 aliphatic carbocycles. The molecular weight excluding hydrogens is 465 g/mol. The first-order valence-electron chi connectivity index (χ1n) is 11.2. The van der Waals surface area contributed by atoms with E-state index >= 15 is 0 Å². The molecule has 0 saturated carbocycles. The van der Waals surface area contributed by atoms with Crippen molar-refractivity contribution in [1.82, 2.24) is 10.6 Å². The van der Waals surface area contributed by atoms with Crippen molar-refractivity contribution in [2.24, 2.45) is 5.92 Å². The number of fused-ring (bicyclic) bond motifs is 3. The molecule has 0 spiro atoms. The Balaban J connectivity index is 1.60. The van der Waals surface area contributed by atoms with E-state index in [1.54, 1.807) is 13.8 Å². The van der Waals surface area contributed by atoms with Crippen LogP contribution in [0.2, 0.25) is 0 Å². The molecular formula is C25H27F3N2O5. The number of benzene rings is 2. The van der Waals surface area contributed by atoms with Crippen molar-refractivity contribution >= 4 is 18.0 Å². The Hall–Kier alpha value is -3.56. The van der Waals surface area contributed by atoms with E-state index < -0.39 is 49.1 Å². The van der Waals surface area contributed by atoms with Gasteiger partial charge in [-0.2, -0.15) is 13.2 Å². The predicted molar refractivity (Wildman–Crippen MR) is 122 cm³/mol. The molecule has 0 bridgehead atoms. The number of nitrogens with one attached hydrogen (secondary N) is 2. The number of hydrogen-bond acceptors (Lipinski definition) is 4. The van der Waals surface area contributed by atoms with Gasteiger partial charge in [0.1, 0.15) is 12.6 Å². The quantitative estimate of drug-likeness (QED) is 0.479. The summed E-state index contributed by atoms with van der Waals surface area (Å²) in [7, 11) is 0. The maximum Gasteiger partial charge on any atom is 0.407 e. The lowest BCUT2D eigenvalue weighted by Crippen LogP contribution is -2.47. The summed E-state index contributed by atoms with van der Waals surface area (Å²) in [6.07, 6.45) is -7.62. The standard InChI is InChI=1S/C25H27F3N2O5/c1-14(2)20(11-22(31)29-21(23(32)33)12-25(26,27)28)30-24(34)35-13-19-17-9-5-3-7-15(17)16-8-4-6-10-18(16)19/h3-10,14,19-21H,11-13H2,1-2H3,(H,29,31)(H,30,34)(H,32,33)/t20-,21?/m0/s1. The highest BCUT2D eigenvalue weighted by atomic mass is 19.4. The topological polar surface area (TPSA) is 105 Å². The van der Waals surface area contributed by atoms with Gasteiger partial charge in [0.25, 0.3) is 0 Å². The minimum Gasteiger partial charge on any atom is -0.480 e. The lowest BCUT2D eigenvalue weighted by Gasteiger charge is -2.24.